The lowest BCUT2D eigenvalue weighted by Crippen LogP contribution is -2.17. The van der Waals surface area contributed by atoms with Crippen LogP contribution < -0.4 is 21.5 Å². The van der Waals surface area contributed by atoms with Gasteiger partial charge in [0.15, 0.2) is 0 Å². The van der Waals surface area contributed by atoms with Crippen LogP contribution in [0.25, 0.3) is 0 Å². The lowest BCUT2D eigenvalue weighted by atomic mass is 10.2. The summed E-state index contributed by atoms with van der Waals surface area (Å²) in [4.78, 5) is 14.2. The number of nitrogens with one attached hydrogen (secondary N) is 2. The molecule has 0 saturated heterocycles. The van der Waals surface area contributed by atoms with E-state index in [9.17, 15) is 4.79 Å². The molecule has 0 unspecified atom stereocenters. The number of benzene rings is 2. The molecule has 1 amide bonds. The first-order valence-corrected chi connectivity index (χ1v) is 10.2. The Kier molecular flexibility index (Phi) is 6.91. The second kappa shape index (κ2) is 9.79. The maximum atomic E-state index is 12.2. The highest BCUT2D eigenvalue weighted by molar-refractivity contribution is 7.99. The number of nitrogens with zero attached hydrogens (tertiary/aromatic N) is 5. The highest BCUT2D eigenvalue weighted by Crippen LogP contribution is 2.18. The third kappa shape index (κ3) is 5.51. The van der Waals surface area contributed by atoms with Crippen molar-refractivity contribution < 1.29 is 4.79 Å². The summed E-state index contributed by atoms with van der Waals surface area (Å²) in [5.74, 6) is 6.28. The van der Waals surface area contributed by atoms with E-state index < -0.39 is 0 Å². The molecule has 2 aromatic carbocycles. The molecule has 0 atom stereocenters. The molecule has 9 nitrogen and oxygen atoms in total. The van der Waals surface area contributed by atoms with Gasteiger partial charge in [0, 0.05) is 25.5 Å². The zero-order valence-corrected chi connectivity index (χ0v) is 17.8. The van der Waals surface area contributed by atoms with Crippen LogP contribution in [-0.4, -0.2) is 46.8 Å². The van der Waals surface area contributed by atoms with Crippen LogP contribution in [0.4, 0.5) is 17.3 Å². The number of aryl methyl sites for hydroxylation is 1. The van der Waals surface area contributed by atoms with Crippen molar-refractivity contribution in [2.24, 2.45) is 5.10 Å². The van der Waals surface area contributed by atoms with Gasteiger partial charge in [-0.15, -0.1) is 10.2 Å². The minimum Gasteiger partial charge on any atom is -0.378 e. The van der Waals surface area contributed by atoms with E-state index in [1.54, 1.807) is 6.21 Å². The highest BCUT2D eigenvalue weighted by atomic mass is 32.2. The summed E-state index contributed by atoms with van der Waals surface area (Å²) in [6.07, 6.45) is 1.66. The van der Waals surface area contributed by atoms with Crippen molar-refractivity contribution in [2.75, 3.05) is 41.3 Å². The molecular weight excluding hydrogens is 400 g/mol. The molecule has 0 bridgehead atoms. The Labute approximate surface area is 179 Å². The molecule has 0 aliphatic rings. The van der Waals surface area contributed by atoms with E-state index in [-0.39, 0.29) is 17.6 Å². The number of carbonyl (C=O) groups excluding carboxylic acids is 1. The fourth-order valence-corrected chi connectivity index (χ4v) is 3.16. The van der Waals surface area contributed by atoms with Gasteiger partial charge in [0.25, 0.3) is 5.95 Å². The Bertz CT molecular complexity index is 1030. The van der Waals surface area contributed by atoms with Crippen molar-refractivity contribution in [2.45, 2.75) is 12.1 Å². The Morgan fingerprint density at radius 1 is 1.20 bits per heavy atom. The fraction of sp³-hybridized carbons (Fsp3) is 0.200. The van der Waals surface area contributed by atoms with Crippen LogP contribution in [0, 0.1) is 6.92 Å². The molecule has 0 saturated carbocycles. The van der Waals surface area contributed by atoms with Crippen molar-refractivity contribution >= 4 is 41.2 Å². The van der Waals surface area contributed by atoms with Crippen molar-refractivity contribution in [1.82, 2.24) is 14.9 Å². The largest absolute Gasteiger partial charge is 0.378 e. The lowest BCUT2D eigenvalue weighted by Gasteiger charge is -2.11. The smallest absolute Gasteiger partial charge is 0.264 e. The minimum absolute atomic E-state index is 0.147. The second-order valence-electron chi connectivity index (χ2n) is 6.68. The van der Waals surface area contributed by atoms with Gasteiger partial charge in [-0.2, -0.15) is 5.10 Å². The van der Waals surface area contributed by atoms with Gasteiger partial charge in [-0.25, -0.2) is 10.1 Å². The van der Waals surface area contributed by atoms with E-state index in [4.69, 9.17) is 5.84 Å². The Balaban J connectivity index is 1.52. The molecular formula is C20H24N8OS. The van der Waals surface area contributed by atoms with Crippen LogP contribution in [0.5, 0.6) is 0 Å². The number of nitrogen functional groups attached to an aromatic ring is 1. The van der Waals surface area contributed by atoms with Crippen LogP contribution in [-0.2, 0) is 4.79 Å². The van der Waals surface area contributed by atoms with E-state index in [1.807, 2.05) is 74.4 Å². The fourth-order valence-electron chi connectivity index (χ4n) is 2.50. The van der Waals surface area contributed by atoms with Crippen LogP contribution in [0.2, 0.25) is 0 Å². The zero-order valence-electron chi connectivity index (χ0n) is 17.0. The van der Waals surface area contributed by atoms with Gasteiger partial charge in [-0.3, -0.25) is 4.79 Å². The summed E-state index contributed by atoms with van der Waals surface area (Å²) in [6, 6.07) is 15.5. The molecule has 156 valence electrons. The summed E-state index contributed by atoms with van der Waals surface area (Å²) < 4.78 is 1.26. The number of nitrogens with two attached hydrogens (primary N) is 1. The van der Waals surface area contributed by atoms with Gasteiger partial charge in [-0.1, -0.05) is 42.1 Å². The molecule has 3 aromatic rings. The first-order valence-electron chi connectivity index (χ1n) is 9.19. The van der Waals surface area contributed by atoms with Gasteiger partial charge in [0.1, 0.15) is 0 Å². The van der Waals surface area contributed by atoms with E-state index in [2.05, 4.69) is 26.0 Å². The molecule has 0 aliphatic carbocycles. The number of rotatable bonds is 8. The number of hydrogen-bond acceptors (Lipinski definition) is 8. The first kappa shape index (κ1) is 21.2. The summed E-state index contributed by atoms with van der Waals surface area (Å²) in [7, 11) is 3.97. The highest BCUT2D eigenvalue weighted by Gasteiger charge is 2.12. The van der Waals surface area contributed by atoms with Gasteiger partial charge in [-0.05, 0) is 36.2 Å². The van der Waals surface area contributed by atoms with E-state index in [1.165, 1.54) is 16.4 Å². The average molecular weight is 425 g/mol. The molecule has 0 fully saturated rings. The molecule has 0 spiro atoms. The average Bonchev–Trinajstić information content (AvgIpc) is 3.08. The number of hydrazone groups is 1. The standard InChI is InChI=1S/C20H24N8OS/c1-14-6-4-5-7-17(14)23-18(29)13-30-20-26-25-19(28(20)21)24-22-12-15-8-10-16(11-9-15)27(2)3/h4-12H,13,21H2,1-3H3,(H,23,29)(H,24,25)/b22-12+. The number of amides is 1. The molecule has 4 N–H and O–H groups in total. The number of carbonyl (C=O) groups is 1. The number of hydrogen-bond donors (Lipinski definition) is 3. The summed E-state index contributed by atoms with van der Waals surface area (Å²) in [6.45, 7) is 1.94. The lowest BCUT2D eigenvalue weighted by molar-refractivity contribution is -0.113. The van der Waals surface area contributed by atoms with Crippen molar-refractivity contribution in [1.29, 1.82) is 0 Å². The molecule has 3 rings (SSSR count). The third-order valence-corrected chi connectivity index (χ3v) is 5.15. The topological polar surface area (TPSA) is 113 Å². The quantitative estimate of drug-likeness (QED) is 0.220. The summed E-state index contributed by atoms with van der Waals surface area (Å²) in [5, 5.41) is 15.4. The maximum Gasteiger partial charge on any atom is 0.264 e. The van der Waals surface area contributed by atoms with E-state index >= 15 is 0 Å². The predicted octanol–water partition coefficient (Wildman–Crippen LogP) is 2.54. The van der Waals surface area contributed by atoms with Crippen LogP contribution in [0.1, 0.15) is 11.1 Å². The number of thioether (sulfide) groups is 1. The second-order valence-corrected chi connectivity index (χ2v) is 7.63. The number of anilines is 3. The van der Waals surface area contributed by atoms with E-state index in [0.717, 1.165) is 22.5 Å². The van der Waals surface area contributed by atoms with Crippen LogP contribution in [0.3, 0.4) is 0 Å². The third-order valence-electron chi connectivity index (χ3n) is 4.20. The predicted molar refractivity (Wildman–Crippen MR) is 123 cm³/mol. The molecule has 0 radical (unpaired) electrons. The Morgan fingerprint density at radius 2 is 1.93 bits per heavy atom. The molecule has 0 aliphatic heterocycles. The van der Waals surface area contributed by atoms with Crippen molar-refractivity contribution in [3.8, 4) is 0 Å². The molecule has 10 heteroatoms. The Morgan fingerprint density at radius 3 is 2.63 bits per heavy atom. The zero-order chi connectivity index (χ0) is 21.5. The number of aromatic nitrogens is 3. The SMILES string of the molecule is Cc1ccccc1NC(=O)CSc1nnc(N/N=C/c2ccc(N(C)C)cc2)n1N. The summed E-state index contributed by atoms with van der Waals surface area (Å²) in [5.41, 5.74) is 6.58. The van der Waals surface area contributed by atoms with Crippen molar-refractivity contribution in [3.05, 3.63) is 59.7 Å². The van der Waals surface area contributed by atoms with Gasteiger partial charge in [0.2, 0.25) is 11.1 Å². The number of para-hydroxylation sites is 1. The van der Waals surface area contributed by atoms with Crippen molar-refractivity contribution in [3.63, 3.8) is 0 Å². The van der Waals surface area contributed by atoms with Gasteiger partial charge < -0.3 is 16.1 Å². The molecule has 1 heterocycles. The maximum absolute atomic E-state index is 12.2. The molecule has 1 aromatic heterocycles. The normalized spacial score (nSPS) is 10.9. The molecule has 30 heavy (non-hydrogen) atoms. The monoisotopic (exact) mass is 424 g/mol. The van der Waals surface area contributed by atoms with Crippen LogP contribution in [0.15, 0.2) is 58.8 Å². The van der Waals surface area contributed by atoms with E-state index in [0.29, 0.717) is 5.16 Å². The minimum atomic E-state index is -0.147. The summed E-state index contributed by atoms with van der Waals surface area (Å²) >= 11 is 1.19. The van der Waals surface area contributed by atoms with Gasteiger partial charge >= 0.3 is 0 Å². The Hall–Kier alpha value is -3.53. The first-order chi connectivity index (χ1) is 14.4. The van der Waals surface area contributed by atoms with Gasteiger partial charge in [0.05, 0.1) is 12.0 Å². The van der Waals surface area contributed by atoms with Crippen LogP contribution >= 0.6 is 11.8 Å².